The first kappa shape index (κ1) is 15.0. The summed E-state index contributed by atoms with van der Waals surface area (Å²) in [7, 11) is -3.48. The van der Waals surface area contributed by atoms with Crippen LogP contribution >= 0.6 is 0 Å². The standard InChI is InChI=1S/C16H23NO3S/c18-15-7-3-6-14(11-15)17-21(19,20)16-9-8-12-4-1-2-5-13(12)10-16/h8-10,14-15,17-18H,1-7,11H2/t14-,15-/m0/s1. The Hall–Kier alpha value is -0.910. The first-order chi connectivity index (χ1) is 10.0. The lowest BCUT2D eigenvalue weighted by Gasteiger charge is -2.26. The predicted molar refractivity (Wildman–Crippen MR) is 81.7 cm³/mol. The van der Waals surface area contributed by atoms with Gasteiger partial charge in [0.2, 0.25) is 10.0 Å². The number of aliphatic hydroxyl groups excluding tert-OH is 1. The SMILES string of the molecule is O=S(=O)(N[C@H]1CCC[C@H](O)C1)c1ccc2c(c1)CCCC2. The second kappa shape index (κ2) is 6.07. The molecule has 2 aliphatic rings. The molecule has 2 aliphatic carbocycles. The van der Waals surface area contributed by atoms with E-state index in [1.54, 1.807) is 6.07 Å². The third-order valence-corrected chi connectivity index (χ3v) is 6.12. The van der Waals surface area contributed by atoms with E-state index in [0.29, 0.717) is 11.3 Å². The molecule has 4 nitrogen and oxygen atoms in total. The Balaban J connectivity index is 1.78. The molecule has 0 radical (unpaired) electrons. The number of sulfonamides is 1. The molecule has 116 valence electrons. The van der Waals surface area contributed by atoms with Crippen molar-refractivity contribution in [1.82, 2.24) is 4.72 Å². The smallest absolute Gasteiger partial charge is 0.240 e. The zero-order chi connectivity index (χ0) is 14.9. The summed E-state index contributed by atoms with van der Waals surface area (Å²) in [6.07, 6.45) is 6.95. The summed E-state index contributed by atoms with van der Waals surface area (Å²) in [5.41, 5.74) is 2.46. The number of aryl methyl sites for hydroxylation is 2. The summed E-state index contributed by atoms with van der Waals surface area (Å²) >= 11 is 0. The number of hydrogen-bond acceptors (Lipinski definition) is 3. The lowest BCUT2D eigenvalue weighted by atomic mass is 9.92. The van der Waals surface area contributed by atoms with Gasteiger partial charge in [-0.2, -0.15) is 0 Å². The Morgan fingerprint density at radius 1 is 1.05 bits per heavy atom. The highest BCUT2D eigenvalue weighted by Crippen LogP contribution is 2.25. The minimum atomic E-state index is -3.48. The van der Waals surface area contributed by atoms with Crippen molar-refractivity contribution < 1.29 is 13.5 Å². The molecule has 0 bridgehead atoms. The fourth-order valence-electron chi connectivity index (χ4n) is 3.44. The highest BCUT2D eigenvalue weighted by Gasteiger charge is 2.26. The van der Waals surface area contributed by atoms with E-state index in [1.165, 1.54) is 17.5 Å². The molecular weight excluding hydrogens is 286 g/mol. The maximum atomic E-state index is 12.5. The van der Waals surface area contributed by atoms with Crippen LogP contribution in [0, 0.1) is 0 Å². The molecule has 1 aromatic rings. The van der Waals surface area contributed by atoms with E-state index in [9.17, 15) is 13.5 Å². The molecular formula is C16H23NO3S. The molecule has 21 heavy (non-hydrogen) atoms. The minimum absolute atomic E-state index is 0.144. The maximum Gasteiger partial charge on any atom is 0.240 e. The zero-order valence-corrected chi connectivity index (χ0v) is 13.0. The minimum Gasteiger partial charge on any atom is -0.393 e. The Morgan fingerprint density at radius 2 is 1.81 bits per heavy atom. The Labute approximate surface area is 126 Å². The highest BCUT2D eigenvalue weighted by atomic mass is 32.2. The second-order valence-corrected chi connectivity index (χ2v) is 7.99. The molecule has 2 N–H and O–H groups in total. The summed E-state index contributed by atoms with van der Waals surface area (Å²) in [4.78, 5) is 0.364. The quantitative estimate of drug-likeness (QED) is 0.899. The fourth-order valence-corrected chi connectivity index (χ4v) is 4.77. The molecule has 0 heterocycles. The van der Waals surface area contributed by atoms with Gasteiger partial charge in [-0.3, -0.25) is 0 Å². The molecule has 1 aromatic carbocycles. The third-order valence-electron chi connectivity index (χ3n) is 4.60. The summed E-state index contributed by atoms with van der Waals surface area (Å²) < 4.78 is 27.8. The van der Waals surface area contributed by atoms with Crippen LogP contribution in [0.2, 0.25) is 0 Å². The van der Waals surface area contributed by atoms with Gasteiger partial charge in [-0.25, -0.2) is 13.1 Å². The number of aliphatic hydroxyl groups is 1. The average molecular weight is 309 g/mol. The van der Waals surface area contributed by atoms with Gasteiger partial charge in [-0.15, -0.1) is 0 Å². The van der Waals surface area contributed by atoms with Crippen LogP contribution in [0.5, 0.6) is 0 Å². The molecule has 5 heteroatoms. The van der Waals surface area contributed by atoms with Gasteiger partial charge >= 0.3 is 0 Å². The predicted octanol–water partition coefficient (Wildman–Crippen LogP) is 2.15. The molecule has 0 aromatic heterocycles. The van der Waals surface area contributed by atoms with Gasteiger partial charge in [0.25, 0.3) is 0 Å². The molecule has 1 fully saturated rings. The Kier molecular flexibility index (Phi) is 4.33. The second-order valence-electron chi connectivity index (χ2n) is 6.28. The van der Waals surface area contributed by atoms with Crippen LogP contribution in [0.15, 0.2) is 23.1 Å². The first-order valence-corrected chi connectivity index (χ1v) is 9.35. The molecule has 0 aliphatic heterocycles. The third kappa shape index (κ3) is 3.47. The highest BCUT2D eigenvalue weighted by molar-refractivity contribution is 7.89. The Bertz CT molecular complexity index is 612. The van der Waals surface area contributed by atoms with Crippen LogP contribution in [0.25, 0.3) is 0 Å². The molecule has 0 spiro atoms. The van der Waals surface area contributed by atoms with Crippen molar-refractivity contribution in [3.8, 4) is 0 Å². The van der Waals surface area contributed by atoms with E-state index < -0.39 is 10.0 Å². The fraction of sp³-hybridized carbons (Fsp3) is 0.625. The molecule has 3 rings (SSSR count). The summed E-state index contributed by atoms with van der Waals surface area (Å²) in [5.74, 6) is 0. The normalized spacial score (nSPS) is 26.3. The molecule has 1 saturated carbocycles. The molecule has 0 amide bonds. The Morgan fingerprint density at radius 3 is 2.57 bits per heavy atom. The van der Waals surface area contributed by atoms with Crippen molar-refractivity contribution in [2.75, 3.05) is 0 Å². The number of rotatable bonds is 3. The average Bonchev–Trinajstić information content (AvgIpc) is 2.46. The van der Waals surface area contributed by atoms with Gasteiger partial charge in [0, 0.05) is 6.04 Å². The maximum absolute atomic E-state index is 12.5. The van der Waals surface area contributed by atoms with Crippen LogP contribution < -0.4 is 4.72 Å². The van der Waals surface area contributed by atoms with Gasteiger partial charge in [-0.05, 0) is 74.6 Å². The van der Waals surface area contributed by atoms with E-state index in [4.69, 9.17) is 0 Å². The van der Waals surface area contributed by atoms with Crippen molar-refractivity contribution in [3.05, 3.63) is 29.3 Å². The zero-order valence-electron chi connectivity index (χ0n) is 12.2. The van der Waals surface area contributed by atoms with E-state index in [0.717, 1.165) is 38.5 Å². The van der Waals surface area contributed by atoms with Crippen LogP contribution in [-0.2, 0) is 22.9 Å². The van der Waals surface area contributed by atoms with Crippen LogP contribution in [0.4, 0.5) is 0 Å². The van der Waals surface area contributed by atoms with Gasteiger partial charge in [-0.1, -0.05) is 6.07 Å². The van der Waals surface area contributed by atoms with Gasteiger partial charge in [0.05, 0.1) is 11.0 Å². The molecule has 0 unspecified atom stereocenters. The van der Waals surface area contributed by atoms with Crippen LogP contribution in [-0.4, -0.2) is 25.7 Å². The van der Waals surface area contributed by atoms with Gasteiger partial charge in [0.15, 0.2) is 0 Å². The van der Waals surface area contributed by atoms with Crippen molar-refractivity contribution in [1.29, 1.82) is 0 Å². The van der Waals surface area contributed by atoms with Crippen LogP contribution in [0.3, 0.4) is 0 Å². The van der Waals surface area contributed by atoms with Crippen molar-refractivity contribution in [2.45, 2.75) is 68.4 Å². The summed E-state index contributed by atoms with van der Waals surface area (Å²) in [6.45, 7) is 0. The largest absolute Gasteiger partial charge is 0.393 e. The van der Waals surface area contributed by atoms with E-state index in [-0.39, 0.29) is 12.1 Å². The van der Waals surface area contributed by atoms with Gasteiger partial charge < -0.3 is 5.11 Å². The van der Waals surface area contributed by atoms with Crippen molar-refractivity contribution in [2.24, 2.45) is 0 Å². The topological polar surface area (TPSA) is 66.4 Å². The van der Waals surface area contributed by atoms with E-state index in [2.05, 4.69) is 4.72 Å². The summed E-state index contributed by atoms with van der Waals surface area (Å²) in [5, 5.41) is 9.67. The first-order valence-electron chi connectivity index (χ1n) is 7.87. The van der Waals surface area contributed by atoms with Crippen LogP contribution in [0.1, 0.15) is 49.7 Å². The lowest BCUT2D eigenvalue weighted by Crippen LogP contribution is -2.39. The van der Waals surface area contributed by atoms with Gasteiger partial charge in [0.1, 0.15) is 0 Å². The summed E-state index contributed by atoms with van der Waals surface area (Å²) in [6, 6.07) is 5.36. The number of fused-ring (bicyclic) bond motifs is 1. The molecule has 2 atom stereocenters. The number of benzene rings is 1. The number of hydrogen-bond donors (Lipinski definition) is 2. The lowest BCUT2D eigenvalue weighted by molar-refractivity contribution is 0.117. The molecule has 0 saturated heterocycles. The number of nitrogens with one attached hydrogen (secondary N) is 1. The van der Waals surface area contributed by atoms with E-state index in [1.807, 2.05) is 12.1 Å². The van der Waals surface area contributed by atoms with Crippen molar-refractivity contribution in [3.63, 3.8) is 0 Å². The van der Waals surface area contributed by atoms with Crippen molar-refractivity contribution >= 4 is 10.0 Å². The monoisotopic (exact) mass is 309 g/mol. The van der Waals surface area contributed by atoms with E-state index >= 15 is 0 Å².